The summed E-state index contributed by atoms with van der Waals surface area (Å²) in [7, 11) is -10.4. The highest BCUT2D eigenvalue weighted by atomic mass is 35.5. The average molecular weight is 696 g/mol. The molecule has 0 heterocycles. The van der Waals surface area contributed by atoms with Gasteiger partial charge in [0.15, 0.2) is 25.6 Å². The standard InChI is InChI=1S/C14H21N3O4S2.C13H17ClO4S2/c1-8-6-10(22(19)14(2,3)4)11(23(5,20)21)7-9(8)12(18)17-13(15)16;1-8-6-10(19(16)13(2,3)4)11(20(5,17)18)7-9(8)12(14)15/h6-7H,1-5H3,(H4,15,16,17,18);6-7H,1-5H3. The van der Waals surface area contributed by atoms with E-state index >= 15 is 0 Å². The number of aryl methyl sites for hydroxylation is 2. The number of benzene rings is 2. The molecule has 0 bridgehead atoms. The number of nitrogens with two attached hydrogens (primary N) is 2. The normalized spacial score (nSPS) is 13.7. The number of carbonyl (C=O) groups excluding carboxylic acids is 2. The molecule has 240 valence electrons. The van der Waals surface area contributed by atoms with Crippen molar-refractivity contribution >= 4 is 70.0 Å². The van der Waals surface area contributed by atoms with Crippen molar-refractivity contribution in [1.82, 2.24) is 0 Å². The van der Waals surface area contributed by atoms with Crippen LogP contribution in [0.25, 0.3) is 0 Å². The first-order valence-corrected chi connectivity index (χ1v) is 18.9. The molecule has 43 heavy (non-hydrogen) atoms. The predicted molar refractivity (Wildman–Crippen MR) is 171 cm³/mol. The minimum absolute atomic E-state index is 0.0495. The van der Waals surface area contributed by atoms with E-state index in [0.717, 1.165) is 12.5 Å². The van der Waals surface area contributed by atoms with Crippen molar-refractivity contribution in [2.45, 2.75) is 84.5 Å². The molecule has 2 rings (SSSR count). The second kappa shape index (κ2) is 13.7. The molecule has 2 atom stereocenters. The van der Waals surface area contributed by atoms with Gasteiger partial charge in [-0.2, -0.15) is 4.99 Å². The van der Waals surface area contributed by atoms with Crippen LogP contribution in [0, 0.1) is 13.8 Å². The Balaban J connectivity index is 0.000000434. The van der Waals surface area contributed by atoms with Crippen LogP contribution in [0.15, 0.2) is 48.8 Å². The van der Waals surface area contributed by atoms with Gasteiger partial charge in [0.1, 0.15) is 0 Å². The molecule has 4 N–H and O–H groups in total. The van der Waals surface area contributed by atoms with Crippen LogP contribution in [0.3, 0.4) is 0 Å². The summed E-state index contributed by atoms with van der Waals surface area (Å²) in [5.74, 6) is -1.17. The number of hydrogen-bond donors (Lipinski definition) is 2. The van der Waals surface area contributed by atoms with E-state index in [2.05, 4.69) is 4.99 Å². The summed E-state index contributed by atoms with van der Waals surface area (Å²) < 4.78 is 71.8. The largest absolute Gasteiger partial charge is 0.370 e. The van der Waals surface area contributed by atoms with Gasteiger partial charge in [-0.3, -0.25) is 18.0 Å². The lowest BCUT2D eigenvalue weighted by Crippen LogP contribution is -2.25. The highest BCUT2D eigenvalue weighted by Gasteiger charge is 2.30. The first kappa shape index (κ1) is 38.6. The highest BCUT2D eigenvalue weighted by molar-refractivity contribution is 7.92. The molecule has 2 aromatic carbocycles. The Bertz CT molecular complexity index is 1750. The maximum atomic E-state index is 12.6. The third-order valence-electron chi connectivity index (χ3n) is 5.57. The first-order valence-electron chi connectivity index (χ1n) is 12.5. The fourth-order valence-corrected chi connectivity index (χ4v) is 8.92. The summed E-state index contributed by atoms with van der Waals surface area (Å²) in [6.45, 7) is 13.7. The van der Waals surface area contributed by atoms with Crippen LogP contribution >= 0.6 is 11.6 Å². The number of halogens is 1. The Morgan fingerprint density at radius 1 is 0.721 bits per heavy atom. The third-order valence-corrected chi connectivity index (χ3v) is 12.0. The molecule has 1 amide bonds. The second-order valence-corrected chi connectivity index (χ2v) is 20.4. The number of sulfone groups is 2. The number of carbonyl (C=O) groups is 2. The summed E-state index contributed by atoms with van der Waals surface area (Å²) in [6.07, 6.45) is 2.01. The molecule has 0 aliphatic carbocycles. The number of guanidine groups is 1. The van der Waals surface area contributed by atoms with E-state index in [4.69, 9.17) is 23.1 Å². The highest BCUT2D eigenvalue weighted by Crippen LogP contribution is 2.31. The molecule has 0 spiro atoms. The summed E-state index contributed by atoms with van der Waals surface area (Å²) in [6, 6.07) is 5.29. The maximum absolute atomic E-state index is 12.6. The first-order chi connectivity index (χ1) is 19.1. The number of rotatable bonds is 6. The van der Waals surface area contributed by atoms with Crippen LogP contribution < -0.4 is 11.5 Å². The topological polar surface area (TPSA) is 201 Å². The quantitative estimate of drug-likeness (QED) is 0.256. The zero-order valence-corrected chi connectivity index (χ0v) is 29.7. The second-order valence-electron chi connectivity index (χ2n) is 11.6. The van der Waals surface area contributed by atoms with Gasteiger partial charge in [0.05, 0.1) is 41.2 Å². The lowest BCUT2D eigenvalue weighted by Gasteiger charge is -2.20. The minimum Gasteiger partial charge on any atom is -0.370 e. The molecular weight excluding hydrogens is 658 g/mol. The molecule has 0 saturated heterocycles. The number of nitrogens with zero attached hydrogens (tertiary/aromatic N) is 1. The van der Waals surface area contributed by atoms with Gasteiger partial charge in [0.2, 0.25) is 0 Å². The van der Waals surface area contributed by atoms with Crippen molar-refractivity contribution in [3.05, 3.63) is 46.5 Å². The summed E-state index contributed by atoms with van der Waals surface area (Å²) in [4.78, 5) is 26.9. The van der Waals surface area contributed by atoms with E-state index < -0.39 is 67.9 Å². The van der Waals surface area contributed by atoms with Crippen LogP contribution in [0.2, 0.25) is 0 Å². The number of aliphatic imine (C=N–C) groups is 1. The lowest BCUT2D eigenvalue weighted by molar-refractivity contribution is 0.100. The van der Waals surface area contributed by atoms with Gasteiger partial charge < -0.3 is 11.5 Å². The van der Waals surface area contributed by atoms with E-state index in [-0.39, 0.29) is 30.7 Å². The summed E-state index contributed by atoms with van der Waals surface area (Å²) in [5, 5.41) is -0.736. The van der Waals surface area contributed by atoms with Gasteiger partial charge in [0, 0.05) is 33.1 Å². The van der Waals surface area contributed by atoms with Crippen molar-refractivity contribution in [2.24, 2.45) is 16.5 Å². The third kappa shape index (κ3) is 10.3. The van der Waals surface area contributed by atoms with Gasteiger partial charge in [-0.15, -0.1) is 0 Å². The molecule has 0 fully saturated rings. The van der Waals surface area contributed by atoms with Crippen molar-refractivity contribution in [2.75, 3.05) is 12.5 Å². The molecule has 11 nitrogen and oxygen atoms in total. The Hall–Kier alpha value is -2.46. The SMILES string of the molecule is Cc1cc(S(=O)C(C)(C)C)c(S(C)(=O)=O)cc1C(=O)Cl.Cc1cc(S(=O)C(C)(C)C)c(S(C)(=O)=O)cc1C(=O)N=C(N)N. The van der Waals surface area contributed by atoms with Crippen molar-refractivity contribution in [3.8, 4) is 0 Å². The van der Waals surface area contributed by atoms with E-state index in [1.165, 1.54) is 24.3 Å². The van der Waals surface area contributed by atoms with E-state index in [9.17, 15) is 34.8 Å². The zero-order valence-electron chi connectivity index (χ0n) is 25.7. The molecule has 2 aromatic rings. The van der Waals surface area contributed by atoms with Gasteiger partial charge in [-0.1, -0.05) is 0 Å². The average Bonchev–Trinajstić information content (AvgIpc) is 2.79. The van der Waals surface area contributed by atoms with Gasteiger partial charge in [-0.25, -0.2) is 16.8 Å². The van der Waals surface area contributed by atoms with E-state index in [1.807, 2.05) is 0 Å². The Morgan fingerprint density at radius 2 is 1.05 bits per heavy atom. The zero-order chi connectivity index (χ0) is 34.0. The predicted octanol–water partition coefficient (Wildman–Crippen LogP) is 3.40. The molecule has 0 saturated carbocycles. The van der Waals surface area contributed by atoms with Gasteiger partial charge in [-0.05, 0) is 102 Å². The molecule has 0 aromatic heterocycles. The van der Waals surface area contributed by atoms with Crippen LogP contribution in [0.4, 0.5) is 0 Å². The molecule has 2 unspecified atom stereocenters. The van der Waals surface area contributed by atoms with Gasteiger partial charge >= 0.3 is 0 Å². The Morgan fingerprint density at radius 3 is 1.33 bits per heavy atom. The molecular formula is C27H38ClN3O8S4. The monoisotopic (exact) mass is 695 g/mol. The fourth-order valence-electron chi connectivity index (χ4n) is 3.47. The number of hydrogen-bond acceptors (Lipinski definition) is 8. The Kier molecular flexibility index (Phi) is 12.3. The summed E-state index contributed by atoms with van der Waals surface area (Å²) in [5.41, 5.74) is 11.5. The van der Waals surface area contributed by atoms with E-state index in [1.54, 1.807) is 55.4 Å². The lowest BCUT2D eigenvalue weighted by atomic mass is 10.1. The fraction of sp³-hybridized carbons (Fsp3) is 0.444. The van der Waals surface area contributed by atoms with Crippen LogP contribution in [-0.4, -0.2) is 64.4 Å². The smallest absolute Gasteiger partial charge is 0.280 e. The van der Waals surface area contributed by atoms with Crippen LogP contribution in [0.1, 0.15) is 73.4 Å². The number of amides is 1. The maximum Gasteiger partial charge on any atom is 0.280 e. The van der Waals surface area contributed by atoms with E-state index in [0.29, 0.717) is 11.1 Å². The molecule has 0 aliphatic heterocycles. The van der Waals surface area contributed by atoms with Crippen molar-refractivity contribution in [3.63, 3.8) is 0 Å². The van der Waals surface area contributed by atoms with Crippen molar-refractivity contribution < 1.29 is 34.8 Å². The molecule has 16 heteroatoms. The molecule has 0 aliphatic rings. The minimum atomic E-state index is -3.70. The summed E-state index contributed by atoms with van der Waals surface area (Å²) >= 11 is 5.44. The van der Waals surface area contributed by atoms with Crippen LogP contribution in [0.5, 0.6) is 0 Å². The molecule has 0 radical (unpaired) electrons. The van der Waals surface area contributed by atoms with Crippen molar-refractivity contribution in [1.29, 1.82) is 0 Å². The van der Waals surface area contributed by atoms with Gasteiger partial charge in [0.25, 0.3) is 11.1 Å². The van der Waals surface area contributed by atoms with Crippen LogP contribution in [-0.2, 0) is 41.3 Å². The Labute approximate surface area is 263 Å².